The molecule has 2 aromatic carbocycles. The van der Waals surface area contributed by atoms with E-state index in [0.717, 1.165) is 29.6 Å². The van der Waals surface area contributed by atoms with Gasteiger partial charge in [-0.2, -0.15) is 0 Å². The van der Waals surface area contributed by atoms with E-state index in [1.807, 2.05) is 18.2 Å². The zero-order valence-corrected chi connectivity index (χ0v) is 21.0. The van der Waals surface area contributed by atoms with Gasteiger partial charge in [0.1, 0.15) is 5.75 Å². The number of urea groups is 1. The number of hydrogen-bond donors (Lipinski definition) is 3. The lowest BCUT2D eigenvalue weighted by Crippen LogP contribution is -2.31. The first kappa shape index (κ1) is 25.9. The highest BCUT2D eigenvalue weighted by Crippen LogP contribution is 2.29. The van der Waals surface area contributed by atoms with E-state index in [1.54, 1.807) is 12.1 Å². The number of carbonyl (C=O) groups excluding carboxylic acids is 1. The number of ether oxygens (including phenoxy) is 1. The van der Waals surface area contributed by atoms with Crippen LogP contribution in [-0.4, -0.2) is 27.3 Å². The van der Waals surface area contributed by atoms with Gasteiger partial charge < -0.3 is 10.1 Å². The van der Waals surface area contributed by atoms with Crippen molar-refractivity contribution in [2.45, 2.75) is 51.8 Å². The Morgan fingerprint density at radius 2 is 1.78 bits per heavy atom. The molecule has 0 aliphatic carbocycles. The van der Waals surface area contributed by atoms with Crippen LogP contribution in [0.3, 0.4) is 0 Å². The fourth-order valence-corrected chi connectivity index (χ4v) is 3.99. The monoisotopic (exact) mass is 479 g/mol. The van der Waals surface area contributed by atoms with E-state index in [0.29, 0.717) is 24.6 Å². The molecule has 0 fully saturated rings. The largest absolute Gasteiger partial charge is 0.493 e. The van der Waals surface area contributed by atoms with Crippen molar-refractivity contribution in [3.05, 3.63) is 59.2 Å². The van der Waals surface area contributed by atoms with Crippen molar-refractivity contribution in [3.63, 3.8) is 0 Å². The van der Waals surface area contributed by atoms with Gasteiger partial charge in [-0.05, 0) is 53.1 Å². The van der Waals surface area contributed by atoms with E-state index in [4.69, 9.17) is 4.74 Å². The molecule has 0 saturated heterocycles. The molecule has 32 heavy (non-hydrogen) atoms. The molecule has 2 rings (SSSR count). The number of anilines is 1. The normalized spacial score (nSPS) is 11.7. The quantitative estimate of drug-likeness (QED) is 0.426. The van der Waals surface area contributed by atoms with Gasteiger partial charge in [0.2, 0.25) is 10.0 Å². The Morgan fingerprint density at radius 1 is 1.09 bits per heavy atom. The molecule has 9 heteroatoms. The zero-order chi connectivity index (χ0) is 23.8. The van der Waals surface area contributed by atoms with Crippen LogP contribution < -0.4 is 19.5 Å². The maximum Gasteiger partial charge on any atom is 0.325 e. The van der Waals surface area contributed by atoms with Gasteiger partial charge in [0.05, 0.1) is 12.9 Å². The number of carbonyl (C=O) groups is 1. The minimum atomic E-state index is -3.30. The fraction of sp³-hybridized carbons (Fsp3) is 0.435. The molecular formula is C23H33N3O4S2. The highest BCUT2D eigenvalue weighted by Gasteiger charge is 2.16. The van der Waals surface area contributed by atoms with Gasteiger partial charge in [0.15, 0.2) is 0 Å². The summed E-state index contributed by atoms with van der Waals surface area (Å²) in [6.07, 6.45) is 2.02. The maximum atomic E-state index is 12.2. The first-order chi connectivity index (χ1) is 15.0. The van der Waals surface area contributed by atoms with Crippen molar-refractivity contribution in [2.24, 2.45) is 0 Å². The summed E-state index contributed by atoms with van der Waals surface area (Å²) in [4.78, 5) is 12.2. The Labute approximate surface area is 195 Å². The molecule has 0 heterocycles. The van der Waals surface area contributed by atoms with Crippen LogP contribution >= 0.6 is 11.9 Å². The second kappa shape index (κ2) is 11.5. The summed E-state index contributed by atoms with van der Waals surface area (Å²) in [7, 11) is -3.30. The van der Waals surface area contributed by atoms with Gasteiger partial charge in [-0.1, -0.05) is 52.0 Å². The smallest absolute Gasteiger partial charge is 0.325 e. The minimum Gasteiger partial charge on any atom is -0.493 e. The summed E-state index contributed by atoms with van der Waals surface area (Å²) in [6.45, 7) is 9.52. The molecular weight excluding hydrogens is 446 g/mol. The lowest BCUT2D eigenvalue weighted by molar-refractivity contribution is 0.246. The van der Waals surface area contributed by atoms with Crippen molar-refractivity contribution in [2.75, 3.05) is 17.6 Å². The van der Waals surface area contributed by atoms with Crippen LogP contribution in [0.4, 0.5) is 10.5 Å². The van der Waals surface area contributed by atoms with Crippen molar-refractivity contribution in [1.29, 1.82) is 0 Å². The Bertz CT molecular complexity index is 1000. The molecule has 0 spiro atoms. The SMILES string of the molecule is CCCOc1cc(C(C)(C)C)ccc1CNC(=O)NSCc1ccc(NS(C)(=O)=O)cc1. The molecule has 7 nitrogen and oxygen atoms in total. The van der Waals surface area contributed by atoms with E-state index in [1.165, 1.54) is 17.5 Å². The first-order valence-electron chi connectivity index (χ1n) is 10.5. The summed E-state index contributed by atoms with van der Waals surface area (Å²) < 4.78 is 33.6. The third-order valence-corrected chi connectivity index (χ3v) is 5.91. The van der Waals surface area contributed by atoms with Gasteiger partial charge in [-0.25, -0.2) is 13.2 Å². The standard InChI is InChI=1S/C23H33N3O4S2/c1-6-13-30-21-14-19(23(2,3)4)10-9-18(21)15-24-22(27)25-31-16-17-7-11-20(12-8-17)26-32(5,28)29/h7-12,14,26H,6,13,15-16H2,1-5H3,(H2,24,25,27). The fourth-order valence-electron chi connectivity index (χ4n) is 2.79. The van der Waals surface area contributed by atoms with Crippen LogP contribution in [0.1, 0.15) is 50.8 Å². The summed E-state index contributed by atoms with van der Waals surface area (Å²) in [5.41, 5.74) is 3.60. The first-order valence-corrected chi connectivity index (χ1v) is 13.3. The van der Waals surface area contributed by atoms with Crippen molar-refractivity contribution < 1.29 is 17.9 Å². The van der Waals surface area contributed by atoms with Gasteiger partial charge in [-0.3, -0.25) is 9.44 Å². The van der Waals surface area contributed by atoms with Crippen molar-refractivity contribution in [3.8, 4) is 5.75 Å². The molecule has 0 atom stereocenters. The van der Waals surface area contributed by atoms with Crippen LogP contribution in [0.2, 0.25) is 0 Å². The summed E-state index contributed by atoms with van der Waals surface area (Å²) in [6, 6.07) is 12.9. The van der Waals surface area contributed by atoms with Crippen molar-refractivity contribution in [1.82, 2.24) is 10.0 Å². The number of sulfonamides is 1. The molecule has 0 aromatic heterocycles. The lowest BCUT2D eigenvalue weighted by Gasteiger charge is -2.21. The molecule has 2 aromatic rings. The molecule has 176 valence electrons. The third-order valence-electron chi connectivity index (χ3n) is 4.50. The van der Waals surface area contributed by atoms with Gasteiger partial charge >= 0.3 is 6.03 Å². The Hall–Kier alpha value is -2.39. The Kier molecular flexibility index (Phi) is 9.27. The molecule has 3 N–H and O–H groups in total. The molecule has 2 amide bonds. The predicted octanol–water partition coefficient (Wildman–Crippen LogP) is 4.79. The molecule has 0 aliphatic rings. The van der Waals surface area contributed by atoms with Crippen LogP contribution in [0.15, 0.2) is 42.5 Å². The van der Waals surface area contributed by atoms with E-state index in [9.17, 15) is 13.2 Å². The number of benzene rings is 2. The van der Waals surface area contributed by atoms with Crippen LogP contribution in [-0.2, 0) is 27.7 Å². The van der Waals surface area contributed by atoms with Gasteiger partial charge in [-0.15, -0.1) is 0 Å². The summed E-state index contributed by atoms with van der Waals surface area (Å²) in [5.74, 6) is 1.35. The Balaban J connectivity index is 1.86. The number of rotatable bonds is 10. The highest BCUT2D eigenvalue weighted by atomic mass is 32.2. The molecule has 0 aliphatic heterocycles. The second-order valence-electron chi connectivity index (χ2n) is 8.57. The predicted molar refractivity (Wildman–Crippen MR) is 133 cm³/mol. The van der Waals surface area contributed by atoms with Gasteiger partial charge in [0.25, 0.3) is 0 Å². The van der Waals surface area contributed by atoms with E-state index < -0.39 is 10.0 Å². The Morgan fingerprint density at radius 3 is 2.38 bits per heavy atom. The summed E-state index contributed by atoms with van der Waals surface area (Å²) in [5, 5.41) is 2.87. The van der Waals surface area contributed by atoms with Crippen molar-refractivity contribution >= 4 is 33.7 Å². The van der Waals surface area contributed by atoms with Gasteiger partial charge in [0, 0.05) is 23.5 Å². The van der Waals surface area contributed by atoms with Crippen LogP contribution in [0.5, 0.6) is 5.75 Å². The topological polar surface area (TPSA) is 96.5 Å². The maximum absolute atomic E-state index is 12.2. The number of hydrogen-bond acceptors (Lipinski definition) is 5. The minimum absolute atomic E-state index is 0.0172. The van der Waals surface area contributed by atoms with Crippen LogP contribution in [0, 0.1) is 0 Å². The molecule has 0 bridgehead atoms. The molecule has 0 saturated carbocycles. The van der Waals surface area contributed by atoms with E-state index in [-0.39, 0.29) is 11.4 Å². The molecule has 0 radical (unpaired) electrons. The highest BCUT2D eigenvalue weighted by molar-refractivity contribution is 7.97. The molecule has 0 unspecified atom stereocenters. The zero-order valence-electron chi connectivity index (χ0n) is 19.3. The second-order valence-corrected chi connectivity index (χ2v) is 11.1. The van der Waals surface area contributed by atoms with E-state index in [2.05, 4.69) is 54.6 Å². The number of amides is 2. The van der Waals surface area contributed by atoms with Crippen LogP contribution in [0.25, 0.3) is 0 Å². The number of nitrogens with one attached hydrogen (secondary N) is 3. The van der Waals surface area contributed by atoms with E-state index >= 15 is 0 Å². The average molecular weight is 480 g/mol. The third kappa shape index (κ3) is 9.00. The lowest BCUT2D eigenvalue weighted by atomic mass is 9.86. The average Bonchev–Trinajstić information content (AvgIpc) is 2.70. The summed E-state index contributed by atoms with van der Waals surface area (Å²) >= 11 is 1.26.